The zero-order chi connectivity index (χ0) is 25.2. The van der Waals surface area contributed by atoms with Crippen LogP contribution in [0, 0.1) is 0 Å². The van der Waals surface area contributed by atoms with E-state index in [0.717, 1.165) is 5.69 Å². The Morgan fingerprint density at radius 2 is 1.91 bits per heavy atom. The molecule has 3 heterocycles. The smallest absolute Gasteiger partial charge is 0.419 e. The van der Waals surface area contributed by atoms with Crippen molar-refractivity contribution in [2.24, 2.45) is 0 Å². The number of fused-ring (bicyclic) bond motifs is 3. The summed E-state index contributed by atoms with van der Waals surface area (Å²) in [7, 11) is 1.53. The number of hydrogen-bond acceptors (Lipinski definition) is 9. The quantitative estimate of drug-likeness (QED) is 0.316. The molecule has 0 aliphatic carbocycles. The van der Waals surface area contributed by atoms with Gasteiger partial charge in [0.2, 0.25) is 0 Å². The minimum atomic E-state index is -0.704. The molecular weight excluding hydrogens is 470 g/mol. The molecule has 35 heavy (non-hydrogen) atoms. The van der Waals surface area contributed by atoms with Crippen LogP contribution in [0.3, 0.4) is 0 Å². The Hall–Kier alpha value is -3.50. The molecule has 4 rings (SSSR count). The number of ether oxygens (including phenoxy) is 4. The van der Waals surface area contributed by atoms with Gasteiger partial charge in [0.1, 0.15) is 18.0 Å². The number of carbonyl (C=O) groups excluding carboxylic acids is 2. The van der Waals surface area contributed by atoms with Gasteiger partial charge in [-0.3, -0.25) is 0 Å². The Morgan fingerprint density at radius 1 is 1.11 bits per heavy atom. The van der Waals surface area contributed by atoms with Crippen molar-refractivity contribution < 1.29 is 28.5 Å². The van der Waals surface area contributed by atoms with Crippen LogP contribution in [0.1, 0.15) is 49.4 Å². The summed E-state index contributed by atoms with van der Waals surface area (Å²) >= 11 is 1.50. The largest absolute Gasteiger partial charge is 0.487 e. The van der Waals surface area contributed by atoms with Gasteiger partial charge in [0, 0.05) is 28.8 Å². The SMILES string of the molecule is CCOC(=O)c1ncc2c(c1COC)c1cc(OCc3cscn3)ccc1n2C(=O)OC(C)(C)C. The minimum Gasteiger partial charge on any atom is -0.487 e. The Balaban J connectivity index is 1.94. The van der Waals surface area contributed by atoms with Crippen molar-refractivity contribution in [1.29, 1.82) is 0 Å². The highest BCUT2D eigenvalue weighted by molar-refractivity contribution is 7.07. The number of esters is 1. The molecule has 0 unspecified atom stereocenters. The molecule has 0 saturated heterocycles. The van der Waals surface area contributed by atoms with Gasteiger partial charge in [0.25, 0.3) is 0 Å². The first-order valence-corrected chi connectivity index (χ1v) is 12.0. The molecule has 0 amide bonds. The molecule has 184 valence electrons. The molecule has 0 radical (unpaired) electrons. The third kappa shape index (κ3) is 5.13. The van der Waals surface area contributed by atoms with Crippen LogP contribution in [-0.2, 0) is 27.4 Å². The Bertz CT molecular complexity index is 1370. The maximum atomic E-state index is 13.3. The van der Waals surface area contributed by atoms with E-state index in [4.69, 9.17) is 18.9 Å². The number of thiazole rings is 1. The van der Waals surface area contributed by atoms with Crippen molar-refractivity contribution >= 4 is 45.2 Å². The fourth-order valence-corrected chi connectivity index (χ4v) is 4.31. The van der Waals surface area contributed by atoms with Gasteiger partial charge in [-0.05, 0) is 45.9 Å². The molecule has 1 aromatic carbocycles. The average molecular weight is 498 g/mol. The second-order valence-corrected chi connectivity index (χ2v) is 9.48. The van der Waals surface area contributed by atoms with Gasteiger partial charge in [-0.1, -0.05) is 0 Å². The van der Waals surface area contributed by atoms with Gasteiger partial charge in [0.05, 0.1) is 41.6 Å². The van der Waals surface area contributed by atoms with Crippen LogP contribution < -0.4 is 4.74 Å². The molecule has 0 atom stereocenters. The lowest BCUT2D eigenvalue weighted by Crippen LogP contribution is -2.27. The highest BCUT2D eigenvalue weighted by Gasteiger charge is 2.27. The van der Waals surface area contributed by atoms with Gasteiger partial charge in [0.15, 0.2) is 5.69 Å². The topological polar surface area (TPSA) is 102 Å². The van der Waals surface area contributed by atoms with Crippen LogP contribution in [-0.4, -0.2) is 45.9 Å². The molecule has 10 heteroatoms. The number of carbonyl (C=O) groups is 2. The van der Waals surface area contributed by atoms with E-state index in [9.17, 15) is 9.59 Å². The van der Waals surface area contributed by atoms with Gasteiger partial charge < -0.3 is 18.9 Å². The van der Waals surface area contributed by atoms with Gasteiger partial charge in [-0.2, -0.15) is 0 Å². The number of pyridine rings is 1. The number of nitrogens with zero attached hydrogens (tertiary/aromatic N) is 3. The van der Waals surface area contributed by atoms with E-state index >= 15 is 0 Å². The summed E-state index contributed by atoms with van der Waals surface area (Å²) in [6, 6.07) is 5.40. The monoisotopic (exact) mass is 497 g/mol. The standard InChI is InChI=1S/C25H27N3O6S/c1-6-32-23(29)22-18(12-31-5)21-17-9-16(33-11-15-13-35-14-27-15)7-8-19(17)28(20(21)10-26-22)24(30)34-25(2,3)4/h7-10,13-14H,6,11-12H2,1-5H3. The predicted octanol–water partition coefficient (Wildman–Crippen LogP) is 5.33. The van der Waals surface area contributed by atoms with E-state index in [1.165, 1.54) is 29.2 Å². The summed E-state index contributed by atoms with van der Waals surface area (Å²) in [6.45, 7) is 7.74. The molecule has 0 fully saturated rings. The number of hydrogen-bond donors (Lipinski definition) is 0. The molecular formula is C25H27N3O6S. The molecule has 4 aromatic rings. The van der Waals surface area contributed by atoms with Crippen LogP contribution in [0.2, 0.25) is 0 Å². The van der Waals surface area contributed by atoms with E-state index in [1.807, 2.05) is 11.4 Å². The second-order valence-electron chi connectivity index (χ2n) is 8.76. The first-order chi connectivity index (χ1) is 16.7. The van der Waals surface area contributed by atoms with Crippen molar-refractivity contribution in [3.8, 4) is 5.75 Å². The first kappa shape index (κ1) is 24.6. The summed E-state index contributed by atoms with van der Waals surface area (Å²) in [5, 5.41) is 3.26. The Morgan fingerprint density at radius 3 is 2.57 bits per heavy atom. The summed E-state index contributed by atoms with van der Waals surface area (Å²) in [4.78, 5) is 34.5. The molecule has 3 aromatic heterocycles. The van der Waals surface area contributed by atoms with Crippen molar-refractivity contribution in [1.82, 2.24) is 14.5 Å². The predicted molar refractivity (Wildman–Crippen MR) is 132 cm³/mol. The number of aromatic nitrogens is 3. The number of methoxy groups -OCH3 is 1. The zero-order valence-electron chi connectivity index (χ0n) is 20.3. The number of benzene rings is 1. The average Bonchev–Trinajstić information content (AvgIpc) is 3.42. The third-order valence-corrected chi connectivity index (χ3v) is 5.72. The summed E-state index contributed by atoms with van der Waals surface area (Å²) < 4.78 is 23.7. The fraction of sp³-hybridized carbons (Fsp3) is 0.360. The lowest BCUT2D eigenvalue weighted by Gasteiger charge is -2.20. The molecule has 0 spiro atoms. The summed E-state index contributed by atoms with van der Waals surface area (Å²) in [6.07, 6.45) is 0.934. The highest BCUT2D eigenvalue weighted by atomic mass is 32.1. The molecule has 0 saturated carbocycles. The van der Waals surface area contributed by atoms with Crippen LogP contribution in [0.25, 0.3) is 21.8 Å². The lowest BCUT2D eigenvalue weighted by molar-refractivity contribution is 0.0513. The fourth-order valence-electron chi connectivity index (χ4n) is 3.77. The van der Waals surface area contributed by atoms with Crippen LogP contribution in [0.5, 0.6) is 5.75 Å². The molecule has 0 N–H and O–H groups in total. The Labute approximate surface area is 206 Å². The molecule has 0 aliphatic rings. The van der Waals surface area contributed by atoms with Crippen molar-refractivity contribution in [3.05, 3.63) is 52.2 Å². The second kappa shape index (κ2) is 10.0. The first-order valence-electron chi connectivity index (χ1n) is 11.1. The lowest BCUT2D eigenvalue weighted by atomic mass is 10.1. The normalized spacial score (nSPS) is 11.7. The highest BCUT2D eigenvalue weighted by Crippen LogP contribution is 2.36. The van der Waals surface area contributed by atoms with Gasteiger partial charge in [-0.15, -0.1) is 11.3 Å². The Kier molecular flexibility index (Phi) is 7.04. The molecule has 9 nitrogen and oxygen atoms in total. The van der Waals surface area contributed by atoms with E-state index < -0.39 is 17.7 Å². The summed E-state index contributed by atoms with van der Waals surface area (Å²) in [5.41, 5.74) is 3.61. The van der Waals surface area contributed by atoms with Gasteiger partial charge >= 0.3 is 12.1 Å². The number of rotatable bonds is 7. The van der Waals surface area contributed by atoms with Crippen molar-refractivity contribution in [2.75, 3.05) is 13.7 Å². The third-order valence-electron chi connectivity index (χ3n) is 5.08. The van der Waals surface area contributed by atoms with Gasteiger partial charge in [-0.25, -0.2) is 24.1 Å². The van der Waals surface area contributed by atoms with Crippen LogP contribution in [0.15, 0.2) is 35.3 Å². The van der Waals surface area contributed by atoms with E-state index in [-0.39, 0.29) is 18.9 Å². The zero-order valence-corrected chi connectivity index (χ0v) is 21.1. The minimum absolute atomic E-state index is 0.0931. The van der Waals surface area contributed by atoms with Crippen LogP contribution >= 0.6 is 11.3 Å². The van der Waals surface area contributed by atoms with E-state index in [0.29, 0.717) is 39.7 Å². The maximum Gasteiger partial charge on any atom is 0.419 e. The summed E-state index contributed by atoms with van der Waals surface area (Å²) in [5.74, 6) is 0.0298. The van der Waals surface area contributed by atoms with E-state index in [1.54, 1.807) is 45.3 Å². The molecule has 0 aliphatic heterocycles. The molecule has 0 bridgehead atoms. The van der Waals surface area contributed by atoms with Crippen molar-refractivity contribution in [2.45, 2.75) is 46.5 Å². The van der Waals surface area contributed by atoms with Crippen molar-refractivity contribution in [3.63, 3.8) is 0 Å². The van der Waals surface area contributed by atoms with Crippen LogP contribution in [0.4, 0.5) is 4.79 Å². The maximum absolute atomic E-state index is 13.3. The van der Waals surface area contributed by atoms with E-state index in [2.05, 4.69) is 9.97 Å².